The standard InChI is InChI=1S/C25H34N4O5/c1-3-20-22-21(8-6-15-33-16-7-13-27-24(22)31)29(28-20)14-4-5-17-34-25(32)19-11-9-18(10-12-19)23(30)26-2/h9-12H,3-8,13-17H2,1-2H3,(H,26,30)(H,27,31). The molecule has 2 heterocycles. The van der Waals surface area contributed by atoms with Crippen LogP contribution >= 0.6 is 0 Å². The van der Waals surface area contributed by atoms with Crippen molar-refractivity contribution in [3.63, 3.8) is 0 Å². The predicted molar refractivity (Wildman–Crippen MR) is 127 cm³/mol. The number of rotatable bonds is 8. The molecule has 1 aliphatic heterocycles. The van der Waals surface area contributed by atoms with Crippen LogP contribution in [-0.4, -0.2) is 61.0 Å². The Morgan fingerprint density at radius 3 is 2.62 bits per heavy atom. The number of hydrogen-bond acceptors (Lipinski definition) is 6. The van der Waals surface area contributed by atoms with Crippen molar-refractivity contribution in [2.24, 2.45) is 0 Å². The van der Waals surface area contributed by atoms with Crippen molar-refractivity contribution in [2.75, 3.05) is 33.4 Å². The van der Waals surface area contributed by atoms with Crippen LogP contribution in [0.3, 0.4) is 0 Å². The molecule has 3 rings (SSSR count). The Morgan fingerprint density at radius 2 is 1.88 bits per heavy atom. The van der Waals surface area contributed by atoms with Gasteiger partial charge in [0.05, 0.1) is 29.1 Å². The number of unbranched alkanes of at least 4 members (excludes halogenated alkanes) is 1. The van der Waals surface area contributed by atoms with Crippen molar-refractivity contribution < 1.29 is 23.9 Å². The maximum atomic E-state index is 12.8. The molecular weight excluding hydrogens is 436 g/mol. The normalized spacial score (nSPS) is 14.5. The Bertz CT molecular complexity index is 984. The fourth-order valence-corrected chi connectivity index (χ4v) is 3.92. The van der Waals surface area contributed by atoms with Gasteiger partial charge in [0.2, 0.25) is 0 Å². The van der Waals surface area contributed by atoms with Crippen molar-refractivity contribution in [3.8, 4) is 0 Å². The minimum atomic E-state index is -0.416. The third-order valence-corrected chi connectivity index (χ3v) is 5.75. The van der Waals surface area contributed by atoms with E-state index in [1.807, 2.05) is 11.6 Å². The molecule has 2 amide bonds. The summed E-state index contributed by atoms with van der Waals surface area (Å²) in [6, 6.07) is 6.37. The van der Waals surface area contributed by atoms with Crippen molar-refractivity contribution in [1.29, 1.82) is 0 Å². The molecule has 0 unspecified atom stereocenters. The Hall–Kier alpha value is -3.20. The van der Waals surface area contributed by atoms with Gasteiger partial charge in [-0.15, -0.1) is 0 Å². The maximum Gasteiger partial charge on any atom is 0.338 e. The van der Waals surface area contributed by atoms with E-state index in [4.69, 9.17) is 14.6 Å². The minimum absolute atomic E-state index is 0.0589. The number of ether oxygens (including phenoxy) is 2. The molecule has 0 atom stereocenters. The van der Waals surface area contributed by atoms with E-state index < -0.39 is 5.97 Å². The molecule has 1 aromatic heterocycles. The largest absolute Gasteiger partial charge is 0.462 e. The number of aromatic nitrogens is 2. The quantitative estimate of drug-likeness (QED) is 0.453. The Morgan fingerprint density at radius 1 is 1.15 bits per heavy atom. The number of carbonyl (C=O) groups excluding carboxylic acids is 3. The first-order valence-corrected chi connectivity index (χ1v) is 12.0. The summed E-state index contributed by atoms with van der Waals surface area (Å²) in [4.78, 5) is 36.7. The Kier molecular flexibility index (Phi) is 9.63. The second-order valence-electron chi connectivity index (χ2n) is 8.17. The van der Waals surface area contributed by atoms with Gasteiger partial charge in [-0.3, -0.25) is 14.3 Å². The highest BCUT2D eigenvalue weighted by Crippen LogP contribution is 2.19. The van der Waals surface area contributed by atoms with Crippen molar-refractivity contribution >= 4 is 17.8 Å². The predicted octanol–water partition coefficient (Wildman–Crippen LogP) is 2.53. The highest BCUT2D eigenvalue weighted by atomic mass is 16.5. The fourth-order valence-electron chi connectivity index (χ4n) is 3.92. The molecule has 0 fully saturated rings. The van der Waals surface area contributed by atoms with Crippen LogP contribution in [0.4, 0.5) is 0 Å². The van der Waals surface area contributed by atoms with Crippen LogP contribution in [0.1, 0.15) is 75.1 Å². The highest BCUT2D eigenvalue weighted by molar-refractivity contribution is 5.97. The first-order valence-electron chi connectivity index (χ1n) is 12.0. The average Bonchev–Trinajstić information content (AvgIpc) is 3.20. The van der Waals surface area contributed by atoms with Crippen LogP contribution in [0.15, 0.2) is 24.3 Å². The van der Waals surface area contributed by atoms with Gasteiger partial charge in [0.1, 0.15) is 0 Å². The Balaban J connectivity index is 1.54. The number of benzene rings is 1. The lowest BCUT2D eigenvalue weighted by Gasteiger charge is -2.10. The van der Waals surface area contributed by atoms with Gasteiger partial charge in [-0.25, -0.2) is 4.79 Å². The first-order chi connectivity index (χ1) is 16.5. The summed E-state index contributed by atoms with van der Waals surface area (Å²) in [5, 5.41) is 10.2. The molecule has 0 radical (unpaired) electrons. The van der Waals surface area contributed by atoms with Gasteiger partial charge in [0.15, 0.2) is 0 Å². The molecule has 1 aliphatic rings. The van der Waals surface area contributed by atoms with Crippen LogP contribution < -0.4 is 10.6 Å². The molecule has 34 heavy (non-hydrogen) atoms. The van der Waals surface area contributed by atoms with Crippen molar-refractivity contribution in [2.45, 2.75) is 52.0 Å². The number of fused-ring (bicyclic) bond motifs is 1. The summed E-state index contributed by atoms with van der Waals surface area (Å²) in [6.07, 6.45) is 4.50. The summed E-state index contributed by atoms with van der Waals surface area (Å²) in [5.74, 6) is -0.678. The molecule has 0 saturated heterocycles. The van der Waals surface area contributed by atoms with Gasteiger partial charge in [0.25, 0.3) is 11.8 Å². The van der Waals surface area contributed by atoms with Gasteiger partial charge in [-0.1, -0.05) is 6.92 Å². The zero-order valence-corrected chi connectivity index (χ0v) is 20.0. The Labute approximate surface area is 200 Å². The number of esters is 1. The van der Waals surface area contributed by atoms with Gasteiger partial charge in [-0.05, 0) is 62.8 Å². The summed E-state index contributed by atoms with van der Waals surface area (Å²) < 4.78 is 13.0. The number of nitrogens with one attached hydrogen (secondary N) is 2. The monoisotopic (exact) mass is 470 g/mol. The van der Waals surface area contributed by atoms with E-state index in [-0.39, 0.29) is 18.4 Å². The third kappa shape index (κ3) is 6.66. The summed E-state index contributed by atoms with van der Waals surface area (Å²) in [7, 11) is 1.56. The topological polar surface area (TPSA) is 112 Å². The number of aryl methyl sites for hydroxylation is 2. The summed E-state index contributed by atoms with van der Waals surface area (Å²) in [5.41, 5.74) is 3.37. The van der Waals surface area contributed by atoms with E-state index in [9.17, 15) is 14.4 Å². The number of amides is 2. The summed E-state index contributed by atoms with van der Waals surface area (Å²) >= 11 is 0. The molecule has 9 heteroatoms. The fraction of sp³-hybridized carbons (Fsp3) is 0.520. The lowest BCUT2D eigenvalue weighted by molar-refractivity contribution is 0.0496. The lowest BCUT2D eigenvalue weighted by atomic mass is 10.1. The average molecular weight is 471 g/mol. The second-order valence-corrected chi connectivity index (χ2v) is 8.17. The van der Waals surface area contributed by atoms with Gasteiger partial charge in [-0.2, -0.15) is 5.10 Å². The maximum absolute atomic E-state index is 12.8. The van der Waals surface area contributed by atoms with Gasteiger partial charge < -0.3 is 20.1 Å². The second kappa shape index (κ2) is 12.9. The number of hydrogen-bond donors (Lipinski definition) is 2. The summed E-state index contributed by atoms with van der Waals surface area (Å²) in [6.45, 7) is 4.85. The van der Waals surface area contributed by atoms with Crippen LogP contribution in [0.2, 0.25) is 0 Å². The van der Waals surface area contributed by atoms with E-state index >= 15 is 0 Å². The number of carbonyl (C=O) groups is 3. The van der Waals surface area contributed by atoms with E-state index in [1.165, 1.54) is 0 Å². The van der Waals surface area contributed by atoms with E-state index in [2.05, 4.69) is 10.6 Å². The lowest BCUT2D eigenvalue weighted by Crippen LogP contribution is -2.26. The van der Waals surface area contributed by atoms with Gasteiger partial charge in [0, 0.05) is 38.9 Å². The molecule has 0 aliphatic carbocycles. The van der Waals surface area contributed by atoms with Crippen LogP contribution in [-0.2, 0) is 28.9 Å². The van der Waals surface area contributed by atoms with Gasteiger partial charge >= 0.3 is 5.97 Å². The van der Waals surface area contributed by atoms with Crippen LogP contribution in [0.25, 0.3) is 0 Å². The van der Waals surface area contributed by atoms with Crippen molar-refractivity contribution in [1.82, 2.24) is 20.4 Å². The molecule has 184 valence electrons. The van der Waals surface area contributed by atoms with Crippen molar-refractivity contribution in [3.05, 3.63) is 52.3 Å². The van der Waals surface area contributed by atoms with E-state index in [1.54, 1.807) is 31.3 Å². The molecule has 0 saturated carbocycles. The third-order valence-electron chi connectivity index (χ3n) is 5.75. The SMILES string of the molecule is CCc1nn(CCCCOC(=O)c2ccc(C(=O)NC)cc2)c2c1C(=O)NCCCOCCC2. The number of nitrogens with zero attached hydrogens (tertiary/aromatic N) is 2. The first kappa shape index (κ1) is 25.4. The minimum Gasteiger partial charge on any atom is -0.462 e. The molecular formula is C25H34N4O5. The molecule has 2 N–H and O–H groups in total. The van der Waals surface area contributed by atoms with Crippen LogP contribution in [0, 0.1) is 0 Å². The molecule has 2 aromatic rings. The van der Waals surface area contributed by atoms with Crippen LogP contribution in [0.5, 0.6) is 0 Å². The zero-order chi connectivity index (χ0) is 24.3. The highest BCUT2D eigenvalue weighted by Gasteiger charge is 2.22. The van der Waals surface area contributed by atoms with E-state index in [0.29, 0.717) is 55.8 Å². The zero-order valence-electron chi connectivity index (χ0n) is 20.0. The smallest absolute Gasteiger partial charge is 0.338 e. The molecule has 9 nitrogen and oxygen atoms in total. The molecule has 1 aromatic carbocycles. The van der Waals surface area contributed by atoms with E-state index in [0.717, 1.165) is 37.1 Å². The molecule has 0 bridgehead atoms. The molecule has 0 spiro atoms.